The molecule has 0 unspecified atom stereocenters. The molecule has 3 nitrogen and oxygen atoms in total. The maximum absolute atomic E-state index is 12.0. The van der Waals surface area contributed by atoms with Crippen LogP contribution in [0.3, 0.4) is 0 Å². The van der Waals surface area contributed by atoms with Crippen LogP contribution in [0.15, 0.2) is 18.2 Å². The van der Waals surface area contributed by atoms with Gasteiger partial charge in [-0.1, -0.05) is 12.8 Å². The van der Waals surface area contributed by atoms with Crippen LogP contribution in [0.4, 0.5) is 5.69 Å². The number of nitrogens with one attached hydrogen (secondary N) is 2. The lowest BCUT2D eigenvalue weighted by atomic mass is 10.0. The number of hydrogen-bond donors (Lipinski definition) is 2. The quantitative estimate of drug-likeness (QED) is 0.854. The number of carbonyl (C=O) groups excluding carboxylic acids is 1. The predicted octanol–water partition coefficient (Wildman–Crippen LogP) is 2.57. The Morgan fingerprint density at radius 2 is 2.28 bits per heavy atom. The summed E-state index contributed by atoms with van der Waals surface area (Å²) in [6.45, 7) is 1.86. The van der Waals surface area contributed by atoms with Crippen molar-refractivity contribution in [2.45, 2.75) is 32.1 Å². The maximum Gasteiger partial charge on any atom is 0.251 e. The first kappa shape index (κ1) is 11.6. The van der Waals surface area contributed by atoms with Gasteiger partial charge >= 0.3 is 0 Å². The fraction of sp³-hybridized carbons (Fsp3) is 0.533. The van der Waals surface area contributed by atoms with Crippen molar-refractivity contribution in [2.24, 2.45) is 5.92 Å². The maximum atomic E-state index is 12.0. The normalized spacial score (nSPS) is 17.8. The van der Waals surface area contributed by atoms with Gasteiger partial charge in [0.25, 0.3) is 5.91 Å². The Morgan fingerprint density at radius 3 is 3.11 bits per heavy atom. The predicted molar refractivity (Wildman–Crippen MR) is 72.9 cm³/mol. The van der Waals surface area contributed by atoms with Crippen LogP contribution in [0.25, 0.3) is 0 Å². The Bertz CT molecular complexity index is 452. The van der Waals surface area contributed by atoms with Crippen LogP contribution in [-0.4, -0.2) is 19.0 Å². The molecule has 1 amide bonds. The zero-order valence-electron chi connectivity index (χ0n) is 10.7. The van der Waals surface area contributed by atoms with Gasteiger partial charge in [0.05, 0.1) is 0 Å². The van der Waals surface area contributed by atoms with Crippen molar-refractivity contribution in [3.8, 4) is 0 Å². The van der Waals surface area contributed by atoms with Gasteiger partial charge in [0, 0.05) is 24.3 Å². The number of hydrogen-bond acceptors (Lipinski definition) is 2. The van der Waals surface area contributed by atoms with Gasteiger partial charge in [-0.15, -0.1) is 0 Å². The van der Waals surface area contributed by atoms with Gasteiger partial charge in [-0.3, -0.25) is 4.79 Å². The molecule has 0 saturated heterocycles. The van der Waals surface area contributed by atoms with E-state index in [0.29, 0.717) is 0 Å². The Labute approximate surface area is 108 Å². The van der Waals surface area contributed by atoms with E-state index in [1.165, 1.54) is 24.1 Å². The number of carbonyl (C=O) groups is 1. The van der Waals surface area contributed by atoms with Crippen LogP contribution in [-0.2, 0) is 6.42 Å². The van der Waals surface area contributed by atoms with Gasteiger partial charge in [0.15, 0.2) is 0 Å². The molecule has 0 bridgehead atoms. The van der Waals surface area contributed by atoms with Gasteiger partial charge in [0.2, 0.25) is 0 Å². The van der Waals surface area contributed by atoms with Crippen LogP contribution >= 0.6 is 0 Å². The summed E-state index contributed by atoms with van der Waals surface area (Å²) >= 11 is 0. The minimum Gasteiger partial charge on any atom is -0.385 e. The van der Waals surface area contributed by atoms with Crippen molar-refractivity contribution < 1.29 is 4.79 Å². The van der Waals surface area contributed by atoms with E-state index in [0.717, 1.165) is 43.8 Å². The highest BCUT2D eigenvalue weighted by molar-refractivity contribution is 5.94. The molecule has 1 heterocycles. The van der Waals surface area contributed by atoms with Gasteiger partial charge < -0.3 is 10.6 Å². The lowest BCUT2D eigenvalue weighted by Gasteiger charge is -2.18. The van der Waals surface area contributed by atoms with Crippen LogP contribution in [0.5, 0.6) is 0 Å². The Kier molecular flexibility index (Phi) is 3.22. The van der Waals surface area contributed by atoms with E-state index in [1.54, 1.807) is 0 Å². The van der Waals surface area contributed by atoms with E-state index in [-0.39, 0.29) is 5.91 Å². The third kappa shape index (κ3) is 2.66. The molecule has 3 rings (SSSR count). The molecule has 0 spiro atoms. The molecule has 1 aromatic carbocycles. The van der Waals surface area contributed by atoms with Gasteiger partial charge in [-0.2, -0.15) is 0 Å². The first-order valence-corrected chi connectivity index (χ1v) is 6.98. The molecular formula is C15H20N2O. The molecule has 1 aromatic rings. The highest BCUT2D eigenvalue weighted by Gasteiger charge is 2.20. The molecule has 2 aliphatic rings. The number of benzene rings is 1. The molecule has 0 aromatic heterocycles. The smallest absolute Gasteiger partial charge is 0.251 e. The molecule has 3 heteroatoms. The summed E-state index contributed by atoms with van der Waals surface area (Å²) in [5, 5.41) is 6.38. The molecular weight excluding hydrogens is 224 g/mol. The Balaban J connectivity index is 1.61. The second-order valence-electron chi connectivity index (χ2n) is 5.39. The first-order chi connectivity index (χ1) is 8.83. The first-order valence-electron chi connectivity index (χ1n) is 6.98. The standard InChI is InChI=1S/C15H20N2O/c18-15(17-9-7-11-3-4-11)13-5-6-14-12(10-13)2-1-8-16-14/h5-6,10-11,16H,1-4,7-9H2,(H,17,18). The summed E-state index contributed by atoms with van der Waals surface area (Å²) in [6, 6.07) is 5.99. The number of rotatable bonds is 4. The van der Waals surface area contributed by atoms with E-state index in [4.69, 9.17) is 0 Å². The Hall–Kier alpha value is -1.51. The van der Waals surface area contributed by atoms with Crippen LogP contribution in [0.1, 0.15) is 41.6 Å². The molecule has 96 valence electrons. The van der Waals surface area contributed by atoms with Crippen molar-refractivity contribution in [2.75, 3.05) is 18.4 Å². The second kappa shape index (κ2) is 5.01. The van der Waals surface area contributed by atoms with E-state index in [1.807, 2.05) is 18.2 Å². The minimum absolute atomic E-state index is 0.0732. The summed E-state index contributed by atoms with van der Waals surface area (Å²) in [5.41, 5.74) is 3.26. The average Bonchev–Trinajstić information content (AvgIpc) is 3.22. The fourth-order valence-corrected chi connectivity index (χ4v) is 2.51. The fourth-order valence-electron chi connectivity index (χ4n) is 2.51. The summed E-state index contributed by atoms with van der Waals surface area (Å²) in [4.78, 5) is 12.0. The zero-order valence-corrected chi connectivity index (χ0v) is 10.7. The second-order valence-corrected chi connectivity index (χ2v) is 5.39. The number of anilines is 1. The minimum atomic E-state index is 0.0732. The van der Waals surface area contributed by atoms with Crippen molar-refractivity contribution >= 4 is 11.6 Å². The molecule has 1 aliphatic heterocycles. The van der Waals surface area contributed by atoms with Crippen molar-refractivity contribution in [1.29, 1.82) is 0 Å². The monoisotopic (exact) mass is 244 g/mol. The highest BCUT2D eigenvalue weighted by Crippen LogP contribution is 2.31. The van der Waals surface area contributed by atoms with E-state index >= 15 is 0 Å². The Morgan fingerprint density at radius 1 is 1.39 bits per heavy atom. The largest absolute Gasteiger partial charge is 0.385 e. The number of fused-ring (bicyclic) bond motifs is 1. The van der Waals surface area contributed by atoms with Crippen LogP contribution in [0.2, 0.25) is 0 Å². The van der Waals surface area contributed by atoms with Crippen molar-refractivity contribution in [3.05, 3.63) is 29.3 Å². The molecule has 2 N–H and O–H groups in total. The SMILES string of the molecule is O=C(NCCC1CC1)c1ccc2c(c1)CCCN2. The summed E-state index contributed by atoms with van der Waals surface area (Å²) in [7, 11) is 0. The third-order valence-corrected chi connectivity index (χ3v) is 3.84. The molecule has 0 atom stereocenters. The number of amides is 1. The van der Waals surface area contributed by atoms with Crippen molar-refractivity contribution in [3.63, 3.8) is 0 Å². The molecule has 18 heavy (non-hydrogen) atoms. The van der Waals surface area contributed by atoms with E-state index < -0.39 is 0 Å². The van der Waals surface area contributed by atoms with E-state index in [9.17, 15) is 4.79 Å². The molecule has 0 radical (unpaired) electrons. The topological polar surface area (TPSA) is 41.1 Å². The summed E-state index contributed by atoms with van der Waals surface area (Å²) in [5.74, 6) is 0.946. The van der Waals surface area contributed by atoms with Gasteiger partial charge in [-0.25, -0.2) is 0 Å². The van der Waals surface area contributed by atoms with Gasteiger partial charge in [-0.05, 0) is 48.9 Å². The van der Waals surface area contributed by atoms with E-state index in [2.05, 4.69) is 10.6 Å². The van der Waals surface area contributed by atoms with Crippen LogP contribution in [0, 0.1) is 5.92 Å². The zero-order chi connectivity index (χ0) is 12.4. The van der Waals surface area contributed by atoms with Gasteiger partial charge in [0.1, 0.15) is 0 Å². The number of aryl methyl sites for hydroxylation is 1. The average molecular weight is 244 g/mol. The molecule has 1 saturated carbocycles. The molecule has 1 aliphatic carbocycles. The third-order valence-electron chi connectivity index (χ3n) is 3.84. The summed E-state index contributed by atoms with van der Waals surface area (Å²) in [6.07, 6.45) is 6.06. The summed E-state index contributed by atoms with van der Waals surface area (Å²) < 4.78 is 0. The lowest BCUT2D eigenvalue weighted by molar-refractivity contribution is 0.0952. The molecule has 1 fully saturated rings. The highest BCUT2D eigenvalue weighted by atomic mass is 16.1. The van der Waals surface area contributed by atoms with Crippen LogP contribution < -0.4 is 10.6 Å². The van der Waals surface area contributed by atoms with Crippen molar-refractivity contribution in [1.82, 2.24) is 5.32 Å². The lowest BCUT2D eigenvalue weighted by Crippen LogP contribution is -2.25.